The van der Waals surface area contributed by atoms with E-state index < -0.39 is 0 Å². The van der Waals surface area contributed by atoms with Gasteiger partial charge in [0.1, 0.15) is 4.88 Å². The summed E-state index contributed by atoms with van der Waals surface area (Å²) in [5.74, 6) is 1.21. The van der Waals surface area contributed by atoms with Crippen molar-refractivity contribution in [1.29, 1.82) is 0 Å². The first kappa shape index (κ1) is 15.5. The molecule has 2 saturated heterocycles. The van der Waals surface area contributed by atoms with Gasteiger partial charge in [-0.25, -0.2) is 0 Å². The molecule has 4 nitrogen and oxygen atoms in total. The van der Waals surface area contributed by atoms with Crippen molar-refractivity contribution >= 4 is 29.7 Å². The number of likely N-dealkylation sites (tertiary alicyclic amines) is 1. The first-order valence-corrected chi connectivity index (χ1v) is 8.17. The third-order valence-corrected chi connectivity index (χ3v) is 5.37. The molecule has 2 aliphatic heterocycles. The van der Waals surface area contributed by atoms with Gasteiger partial charge in [-0.3, -0.25) is 9.78 Å². The van der Waals surface area contributed by atoms with Crippen LogP contribution >= 0.6 is 23.7 Å². The van der Waals surface area contributed by atoms with Gasteiger partial charge in [0.2, 0.25) is 0 Å². The highest BCUT2D eigenvalue weighted by Gasteiger charge is 2.46. The second kappa shape index (κ2) is 6.36. The number of nitrogens with one attached hydrogen (secondary N) is 1. The summed E-state index contributed by atoms with van der Waals surface area (Å²) in [4.78, 5) is 19.6. The van der Waals surface area contributed by atoms with Crippen molar-refractivity contribution in [3.05, 3.63) is 52.5 Å². The standard InChI is InChI=1S/C16H17N3OS.ClH/c20-16(14-8-18-10-21-14)19-9-12-6-17-7-13(12)15(19)11-4-2-1-3-5-11;/h1-5,8,10,12-13,15,17H,6-7,9H2;1H/t12-,13-,15-;/m0./s1. The molecule has 22 heavy (non-hydrogen) atoms. The Kier molecular flexibility index (Phi) is 4.47. The molecule has 0 radical (unpaired) electrons. The van der Waals surface area contributed by atoms with E-state index in [2.05, 4.69) is 39.5 Å². The number of fused-ring (bicyclic) bond motifs is 1. The van der Waals surface area contributed by atoms with Crippen molar-refractivity contribution in [1.82, 2.24) is 15.2 Å². The van der Waals surface area contributed by atoms with E-state index in [4.69, 9.17) is 0 Å². The zero-order chi connectivity index (χ0) is 14.2. The van der Waals surface area contributed by atoms with Crippen LogP contribution in [0.5, 0.6) is 0 Å². The number of benzene rings is 1. The maximum atomic E-state index is 12.8. The highest BCUT2D eigenvalue weighted by Crippen LogP contribution is 2.43. The third-order valence-electron chi connectivity index (χ3n) is 4.61. The first-order chi connectivity index (χ1) is 10.3. The van der Waals surface area contributed by atoms with E-state index in [-0.39, 0.29) is 24.4 Å². The number of aromatic nitrogens is 1. The summed E-state index contributed by atoms with van der Waals surface area (Å²) in [5, 5.41) is 3.47. The monoisotopic (exact) mass is 335 g/mol. The van der Waals surface area contributed by atoms with Crippen LogP contribution < -0.4 is 5.32 Å². The molecule has 0 aliphatic carbocycles. The molecule has 4 rings (SSSR count). The van der Waals surface area contributed by atoms with E-state index in [1.807, 2.05) is 6.07 Å². The summed E-state index contributed by atoms with van der Waals surface area (Å²) >= 11 is 1.43. The van der Waals surface area contributed by atoms with Crippen LogP contribution in [-0.2, 0) is 0 Å². The lowest BCUT2D eigenvalue weighted by Gasteiger charge is -2.28. The molecule has 1 N–H and O–H groups in total. The van der Waals surface area contributed by atoms with Gasteiger partial charge < -0.3 is 10.2 Å². The largest absolute Gasteiger partial charge is 0.330 e. The van der Waals surface area contributed by atoms with Gasteiger partial charge in [-0.2, -0.15) is 0 Å². The lowest BCUT2D eigenvalue weighted by atomic mass is 9.89. The maximum Gasteiger partial charge on any atom is 0.266 e. The number of nitrogens with zero attached hydrogens (tertiary/aromatic N) is 2. The van der Waals surface area contributed by atoms with Crippen LogP contribution in [0.1, 0.15) is 21.3 Å². The molecule has 0 spiro atoms. The summed E-state index contributed by atoms with van der Waals surface area (Å²) in [7, 11) is 0. The van der Waals surface area contributed by atoms with Crippen molar-refractivity contribution in [3.8, 4) is 0 Å². The summed E-state index contributed by atoms with van der Waals surface area (Å²) in [5.41, 5.74) is 2.97. The molecule has 3 heterocycles. The zero-order valence-electron chi connectivity index (χ0n) is 12.0. The average molecular weight is 336 g/mol. The van der Waals surface area contributed by atoms with Crippen molar-refractivity contribution in [2.45, 2.75) is 6.04 Å². The Hall–Kier alpha value is -1.43. The Labute approximate surface area is 140 Å². The fraction of sp³-hybridized carbons (Fsp3) is 0.375. The van der Waals surface area contributed by atoms with E-state index in [1.54, 1.807) is 11.7 Å². The molecular formula is C16H18ClN3OS. The molecule has 0 saturated carbocycles. The number of amides is 1. The predicted octanol–water partition coefficient (Wildman–Crippen LogP) is 2.60. The molecule has 1 aromatic heterocycles. The first-order valence-electron chi connectivity index (χ1n) is 7.29. The van der Waals surface area contributed by atoms with Crippen LogP contribution in [0.25, 0.3) is 0 Å². The number of hydrogen-bond acceptors (Lipinski definition) is 4. The second-order valence-corrected chi connectivity index (χ2v) is 6.65. The molecule has 1 aromatic carbocycles. The van der Waals surface area contributed by atoms with E-state index in [9.17, 15) is 4.79 Å². The lowest BCUT2D eigenvalue weighted by molar-refractivity contribution is 0.0719. The van der Waals surface area contributed by atoms with Crippen molar-refractivity contribution < 1.29 is 4.79 Å². The van der Waals surface area contributed by atoms with Crippen molar-refractivity contribution in [3.63, 3.8) is 0 Å². The molecule has 116 valence electrons. The highest BCUT2D eigenvalue weighted by molar-refractivity contribution is 7.11. The van der Waals surface area contributed by atoms with Gasteiger partial charge >= 0.3 is 0 Å². The number of carbonyl (C=O) groups is 1. The molecule has 0 unspecified atom stereocenters. The number of hydrogen-bond donors (Lipinski definition) is 1. The molecule has 3 atom stereocenters. The number of rotatable bonds is 2. The highest BCUT2D eigenvalue weighted by atomic mass is 35.5. The zero-order valence-corrected chi connectivity index (χ0v) is 13.6. The summed E-state index contributed by atoms with van der Waals surface area (Å²) < 4.78 is 0. The topological polar surface area (TPSA) is 45.2 Å². The fourth-order valence-electron chi connectivity index (χ4n) is 3.67. The Balaban J connectivity index is 0.00000144. The molecule has 2 aromatic rings. The normalized spacial score (nSPS) is 26.5. The maximum absolute atomic E-state index is 12.8. The van der Waals surface area contributed by atoms with Gasteiger partial charge in [-0.05, 0) is 11.5 Å². The van der Waals surface area contributed by atoms with Crippen LogP contribution in [0.3, 0.4) is 0 Å². The van der Waals surface area contributed by atoms with Crippen molar-refractivity contribution in [2.24, 2.45) is 11.8 Å². The second-order valence-electron chi connectivity index (χ2n) is 5.76. The Morgan fingerprint density at radius 2 is 2.09 bits per heavy atom. The summed E-state index contributed by atoms with van der Waals surface area (Å²) in [6.45, 7) is 2.85. The fourth-order valence-corrected chi connectivity index (χ4v) is 4.24. The van der Waals surface area contributed by atoms with Gasteiger partial charge in [0.05, 0.1) is 17.7 Å². The van der Waals surface area contributed by atoms with Crippen LogP contribution in [0, 0.1) is 11.8 Å². The Morgan fingerprint density at radius 1 is 1.27 bits per heavy atom. The molecule has 1 amide bonds. The average Bonchev–Trinajstić information content (AvgIpc) is 3.23. The molecule has 2 aliphatic rings. The van der Waals surface area contributed by atoms with Gasteiger partial charge in [0, 0.05) is 25.6 Å². The minimum Gasteiger partial charge on any atom is -0.330 e. The molecular weight excluding hydrogens is 318 g/mol. The molecule has 0 bridgehead atoms. The molecule has 2 fully saturated rings. The number of halogens is 1. The Bertz CT molecular complexity index is 634. The van der Waals surface area contributed by atoms with Crippen LogP contribution in [-0.4, -0.2) is 35.4 Å². The summed E-state index contributed by atoms with van der Waals surface area (Å²) in [6.07, 6.45) is 1.68. The van der Waals surface area contributed by atoms with E-state index in [0.717, 1.165) is 24.5 Å². The minimum absolute atomic E-state index is 0. The van der Waals surface area contributed by atoms with Crippen LogP contribution in [0.2, 0.25) is 0 Å². The van der Waals surface area contributed by atoms with E-state index >= 15 is 0 Å². The summed E-state index contributed by atoms with van der Waals surface area (Å²) in [6, 6.07) is 10.6. The minimum atomic E-state index is 0. The van der Waals surface area contributed by atoms with E-state index in [1.165, 1.54) is 16.9 Å². The third kappa shape index (κ3) is 2.53. The van der Waals surface area contributed by atoms with Crippen molar-refractivity contribution in [2.75, 3.05) is 19.6 Å². The molecule has 6 heteroatoms. The smallest absolute Gasteiger partial charge is 0.266 e. The van der Waals surface area contributed by atoms with Gasteiger partial charge in [0.25, 0.3) is 5.91 Å². The lowest BCUT2D eigenvalue weighted by Crippen LogP contribution is -2.34. The van der Waals surface area contributed by atoms with Gasteiger partial charge in [0.15, 0.2) is 0 Å². The predicted molar refractivity (Wildman–Crippen MR) is 89.4 cm³/mol. The van der Waals surface area contributed by atoms with Gasteiger partial charge in [-0.15, -0.1) is 23.7 Å². The van der Waals surface area contributed by atoms with Crippen LogP contribution in [0.4, 0.5) is 0 Å². The Morgan fingerprint density at radius 3 is 2.82 bits per heavy atom. The van der Waals surface area contributed by atoms with Gasteiger partial charge in [-0.1, -0.05) is 30.3 Å². The number of thiazole rings is 1. The van der Waals surface area contributed by atoms with Crippen LogP contribution in [0.15, 0.2) is 42.0 Å². The van der Waals surface area contributed by atoms with E-state index in [0.29, 0.717) is 11.8 Å². The quantitative estimate of drug-likeness (QED) is 0.917. The SMILES string of the molecule is Cl.O=C(c1cncs1)N1C[C@@H]2CNC[C@@H]2[C@@H]1c1ccccc1. The number of carbonyl (C=O) groups excluding carboxylic acids is 1.